The number of likely N-dealkylation sites (N-methyl/N-ethyl adjacent to an activating group) is 1. The monoisotopic (exact) mass is 479 g/mol. The number of unbranched alkanes of at least 4 members (excludes halogenated alkanes) is 9. The second-order valence-corrected chi connectivity index (χ2v) is 10.8. The minimum absolute atomic E-state index is 0.0225. The minimum Gasteiger partial charge on any atom is -0.756 e. The van der Waals surface area contributed by atoms with Gasteiger partial charge < -0.3 is 27.9 Å². The van der Waals surface area contributed by atoms with Crippen LogP contribution in [0.2, 0.25) is 0 Å². The molecule has 1 saturated heterocycles. The van der Waals surface area contributed by atoms with Gasteiger partial charge >= 0.3 is 0 Å². The van der Waals surface area contributed by atoms with E-state index in [0.29, 0.717) is 19.8 Å². The summed E-state index contributed by atoms with van der Waals surface area (Å²) in [5, 5.41) is 0. The number of piperidine rings is 1. The number of ether oxygens (including phenoxy) is 2. The third-order valence-corrected chi connectivity index (χ3v) is 7.27. The summed E-state index contributed by atoms with van der Waals surface area (Å²) in [5.74, 6) is 0. The van der Waals surface area contributed by atoms with Crippen molar-refractivity contribution in [3.05, 3.63) is 0 Å². The van der Waals surface area contributed by atoms with Crippen molar-refractivity contribution in [1.82, 2.24) is 0 Å². The van der Waals surface area contributed by atoms with Gasteiger partial charge in [-0.15, -0.1) is 0 Å². The van der Waals surface area contributed by atoms with Gasteiger partial charge in [0.15, 0.2) is 0 Å². The summed E-state index contributed by atoms with van der Waals surface area (Å²) >= 11 is 0. The highest BCUT2D eigenvalue weighted by Crippen LogP contribution is 2.38. The topological polar surface area (TPSA) is 77.1 Å². The molecule has 0 spiro atoms. The Labute approximate surface area is 197 Å². The molecule has 8 heteroatoms. The molecule has 0 radical (unpaired) electrons. The van der Waals surface area contributed by atoms with E-state index in [-0.39, 0.29) is 19.8 Å². The molecule has 1 aliphatic heterocycles. The van der Waals surface area contributed by atoms with E-state index in [1.807, 2.05) is 0 Å². The number of hydrogen-bond donors (Lipinski definition) is 0. The number of quaternary nitrogens is 1. The van der Waals surface area contributed by atoms with E-state index in [9.17, 15) is 9.46 Å². The van der Waals surface area contributed by atoms with E-state index in [4.69, 9.17) is 18.5 Å². The largest absolute Gasteiger partial charge is 0.756 e. The van der Waals surface area contributed by atoms with Crippen molar-refractivity contribution in [1.29, 1.82) is 0 Å². The third-order valence-electron chi connectivity index (χ3n) is 6.27. The van der Waals surface area contributed by atoms with Gasteiger partial charge in [-0.05, 0) is 25.7 Å². The van der Waals surface area contributed by atoms with Crippen LogP contribution in [-0.4, -0.2) is 70.8 Å². The minimum atomic E-state index is -4.25. The Hall–Kier alpha value is -0.0100. The van der Waals surface area contributed by atoms with Crippen LogP contribution >= 0.6 is 7.82 Å². The second kappa shape index (κ2) is 19.3. The standard InChI is InChI=1S/C24H50NO6P/c1-3-4-5-6-7-8-9-10-11-15-19-28-21-22-29-23-24-31-32(26,27)30-20-18-25(2)16-13-12-14-17-25/h3-24H2,1-2H3. The Bertz CT molecular complexity index is 473. The quantitative estimate of drug-likeness (QED) is 0.123. The molecular formula is C24H50NO6P. The molecule has 0 aromatic heterocycles. The van der Waals surface area contributed by atoms with Crippen LogP contribution in [0.15, 0.2) is 0 Å². The average molecular weight is 480 g/mol. The molecule has 0 aromatic carbocycles. The van der Waals surface area contributed by atoms with Gasteiger partial charge in [0.1, 0.15) is 13.2 Å². The Balaban J connectivity index is 1.82. The molecule has 1 fully saturated rings. The maximum atomic E-state index is 11.8. The summed E-state index contributed by atoms with van der Waals surface area (Å²) in [6.07, 6.45) is 16.8. The lowest BCUT2D eigenvalue weighted by Crippen LogP contribution is -2.49. The van der Waals surface area contributed by atoms with Crippen molar-refractivity contribution in [2.75, 3.05) is 66.3 Å². The highest BCUT2D eigenvalue weighted by Gasteiger charge is 2.25. The predicted molar refractivity (Wildman–Crippen MR) is 128 cm³/mol. The predicted octanol–water partition coefficient (Wildman–Crippen LogP) is 5.07. The van der Waals surface area contributed by atoms with Crippen molar-refractivity contribution >= 4 is 7.82 Å². The molecule has 32 heavy (non-hydrogen) atoms. The van der Waals surface area contributed by atoms with Gasteiger partial charge in [0, 0.05) is 6.61 Å². The summed E-state index contributed by atoms with van der Waals surface area (Å²) in [6, 6.07) is 0. The van der Waals surface area contributed by atoms with Gasteiger partial charge in [-0.1, -0.05) is 64.7 Å². The van der Waals surface area contributed by atoms with Crippen molar-refractivity contribution in [2.45, 2.75) is 90.4 Å². The lowest BCUT2D eigenvalue weighted by molar-refractivity contribution is -0.914. The number of phosphoric ester groups is 1. The van der Waals surface area contributed by atoms with Gasteiger partial charge in [0.05, 0.1) is 46.6 Å². The molecule has 192 valence electrons. The highest BCUT2D eigenvalue weighted by molar-refractivity contribution is 7.45. The normalized spacial score (nSPS) is 18.0. The van der Waals surface area contributed by atoms with Gasteiger partial charge in [-0.2, -0.15) is 0 Å². The fraction of sp³-hybridized carbons (Fsp3) is 1.00. The molecule has 0 N–H and O–H groups in total. The number of nitrogens with zero attached hydrogens (tertiary/aromatic N) is 1. The SMILES string of the molecule is CCCCCCCCCCCCOCCOCCOP(=O)([O-])OCC[N+]1(C)CCCCC1. The van der Waals surface area contributed by atoms with Crippen molar-refractivity contribution in [3.63, 3.8) is 0 Å². The van der Waals surface area contributed by atoms with E-state index >= 15 is 0 Å². The molecule has 0 aliphatic carbocycles. The lowest BCUT2D eigenvalue weighted by atomic mass is 10.1. The molecule has 0 amide bonds. The number of likely N-dealkylation sites (tertiary alicyclic amines) is 1. The van der Waals surface area contributed by atoms with Crippen LogP contribution in [0.25, 0.3) is 0 Å². The molecule has 0 bridgehead atoms. The van der Waals surface area contributed by atoms with Gasteiger partial charge in [0.2, 0.25) is 0 Å². The fourth-order valence-corrected chi connectivity index (χ4v) is 4.81. The smallest absolute Gasteiger partial charge is 0.268 e. The number of hydrogen-bond acceptors (Lipinski definition) is 6. The van der Waals surface area contributed by atoms with Crippen LogP contribution in [0.5, 0.6) is 0 Å². The van der Waals surface area contributed by atoms with E-state index < -0.39 is 7.82 Å². The van der Waals surface area contributed by atoms with Crippen molar-refractivity contribution in [3.8, 4) is 0 Å². The first-order valence-corrected chi connectivity index (χ1v) is 14.5. The zero-order chi connectivity index (χ0) is 23.4. The average Bonchev–Trinajstić information content (AvgIpc) is 2.76. The Kier molecular flexibility index (Phi) is 18.1. The first-order valence-electron chi connectivity index (χ1n) is 13.1. The fourth-order valence-electron chi connectivity index (χ4n) is 4.13. The number of phosphoric acid groups is 1. The van der Waals surface area contributed by atoms with Crippen LogP contribution < -0.4 is 4.89 Å². The lowest BCUT2D eigenvalue weighted by Gasteiger charge is -2.38. The Morgan fingerprint density at radius 3 is 1.81 bits per heavy atom. The summed E-state index contributed by atoms with van der Waals surface area (Å²) in [7, 11) is -2.09. The van der Waals surface area contributed by atoms with Gasteiger partial charge in [-0.25, -0.2) is 0 Å². The van der Waals surface area contributed by atoms with E-state index in [1.165, 1.54) is 77.0 Å². The van der Waals surface area contributed by atoms with Crippen LogP contribution in [-0.2, 0) is 23.1 Å². The highest BCUT2D eigenvalue weighted by atomic mass is 31.2. The summed E-state index contributed by atoms with van der Waals surface area (Å²) in [6.45, 7) is 7.22. The molecule has 7 nitrogen and oxygen atoms in total. The molecule has 1 aliphatic rings. The second-order valence-electron chi connectivity index (χ2n) is 9.37. The zero-order valence-corrected chi connectivity index (χ0v) is 21.8. The van der Waals surface area contributed by atoms with Crippen LogP contribution in [0.3, 0.4) is 0 Å². The molecule has 1 unspecified atom stereocenters. The number of rotatable bonds is 22. The Morgan fingerprint density at radius 1 is 0.688 bits per heavy atom. The molecular weight excluding hydrogens is 429 g/mol. The summed E-state index contributed by atoms with van der Waals surface area (Å²) in [4.78, 5) is 11.8. The maximum Gasteiger partial charge on any atom is 0.268 e. The van der Waals surface area contributed by atoms with E-state index in [1.54, 1.807) is 0 Å². The van der Waals surface area contributed by atoms with Gasteiger partial charge in [-0.3, -0.25) is 4.57 Å². The molecule has 0 saturated carbocycles. The summed E-state index contributed by atoms with van der Waals surface area (Å²) < 4.78 is 33.5. The van der Waals surface area contributed by atoms with E-state index in [0.717, 1.165) is 30.6 Å². The Morgan fingerprint density at radius 2 is 1.19 bits per heavy atom. The van der Waals surface area contributed by atoms with Crippen LogP contribution in [0.1, 0.15) is 90.4 Å². The molecule has 0 aromatic rings. The van der Waals surface area contributed by atoms with E-state index in [2.05, 4.69) is 14.0 Å². The van der Waals surface area contributed by atoms with Gasteiger partial charge in [0.25, 0.3) is 7.82 Å². The first-order chi connectivity index (χ1) is 15.5. The third kappa shape index (κ3) is 17.5. The van der Waals surface area contributed by atoms with Crippen LogP contribution in [0, 0.1) is 0 Å². The molecule has 1 heterocycles. The molecule has 1 rings (SSSR count). The van der Waals surface area contributed by atoms with Crippen molar-refractivity contribution < 1.29 is 32.5 Å². The zero-order valence-electron chi connectivity index (χ0n) is 20.9. The van der Waals surface area contributed by atoms with Crippen molar-refractivity contribution in [2.24, 2.45) is 0 Å². The molecule has 1 atom stereocenters. The first kappa shape index (κ1) is 30.0. The maximum absolute atomic E-state index is 11.8. The van der Waals surface area contributed by atoms with Crippen LogP contribution in [0.4, 0.5) is 0 Å². The summed E-state index contributed by atoms with van der Waals surface area (Å²) in [5.41, 5.74) is 0.